The topological polar surface area (TPSA) is 44.0 Å². The van der Waals surface area contributed by atoms with Crippen molar-refractivity contribution < 1.29 is 0 Å². The van der Waals surface area contributed by atoms with Crippen LogP contribution in [-0.4, -0.2) is 41.3 Å². The second kappa shape index (κ2) is 5.28. The Morgan fingerprint density at radius 1 is 1.67 bits per heavy atom. The summed E-state index contributed by atoms with van der Waals surface area (Å²) in [5.74, 6) is 0.827. The molecule has 0 aliphatic carbocycles. The highest BCUT2D eigenvalue weighted by Crippen LogP contribution is 2.14. The SMILES string of the molecule is CCN1CCC(CNCc2ccn[nH]2)C1. The molecule has 4 nitrogen and oxygen atoms in total. The van der Waals surface area contributed by atoms with Gasteiger partial charge in [0.25, 0.3) is 0 Å². The molecule has 1 unspecified atom stereocenters. The normalized spacial score (nSPS) is 22.3. The van der Waals surface area contributed by atoms with Gasteiger partial charge in [-0.3, -0.25) is 5.10 Å². The van der Waals surface area contributed by atoms with Crippen molar-refractivity contribution in [2.45, 2.75) is 19.9 Å². The van der Waals surface area contributed by atoms with Gasteiger partial charge in [-0.25, -0.2) is 0 Å². The van der Waals surface area contributed by atoms with E-state index in [2.05, 4.69) is 27.3 Å². The number of H-pyrrole nitrogens is 1. The summed E-state index contributed by atoms with van der Waals surface area (Å²) in [6, 6.07) is 2.01. The van der Waals surface area contributed by atoms with E-state index in [1.54, 1.807) is 6.20 Å². The average molecular weight is 208 g/mol. The second-order valence-electron chi connectivity index (χ2n) is 4.26. The van der Waals surface area contributed by atoms with E-state index in [1.165, 1.54) is 31.7 Å². The molecule has 4 heteroatoms. The molecule has 0 saturated carbocycles. The van der Waals surface area contributed by atoms with Gasteiger partial charge in [-0.1, -0.05) is 6.92 Å². The van der Waals surface area contributed by atoms with Crippen LogP contribution in [0, 0.1) is 5.92 Å². The Morgan fingerprint density at radius 3 is 3.27 bits per heavy atom. The van der Waals surface area contributed by atoms with Gasteiger partial charge in [0, 0.05) is 25.0 Å². The molecule has 1 saturated heterocycles. The molecule has 0 bridgehead atoms. The van der Waals surface area contributed by atoms with Crippen molar-refractivity contribution in [1.82, 2.24) is 20.4 Å². The standard InChI is InChI=1S/C11H20N4/c1-2-15-6-4-10(9-15)7-12-8-11-3-5-13-14-11/h3,5,10,12H,2,4,6-9H2,1H3,(H,13,14). The van der Waals surface area contributed by atoms with Crippen LogP contribution in [-0.2, 0) is 6.54 Å². The predicted octanol–water partition coefficient (Wildman–Crippen LogP) is 0.841. The maximum Gasteiger partial charge on any atom is 0.0490 e. The summed E-state index contributed by atoms with van der Waals surface area (Å²) >= 11 is 0. The zero-order chi connectivity index (χ0) is 10.5. The minimum absolute atomic E-state index is 0.827. The molecule has 2 heterocycles. The monoisotopic (exact) mass is 208 g/mol. The third-order valence-corrected chi connectivity index (χ3v) is 3.12. The average Bonchev–Trinajstić information content (AvgIpc) is 2.88. The molecule has 1 atom stereocenters. The van der Waals surface area contributed by atoms with E-state index < -0.39 is 0 Å². The van der Waals surface area contributed by atoms with Crippen LogP contribution in [0.25, 0.3) is 0 Å². The van der Waals surface area contributed by atoms with E-state index in [1.807, 2.05) is 6.07 Å². The Labute approximate surface area is 91.1 Å². The highest BCUT2D eigenvalue weighted by molar-refractivity contribution is 4.96. The van der Waals surface area contributed by atoms with Crippen LogP contribution in [0.3, 0.4) is 0 Å². The number of nitrogens with one attached hydrogen (secondary N) is 2. The molecule has 1 aliphatic heterocycles. The van der Waals surface area contributed by atoms with Crippen molar-refractivity contribution in [1.29, 1.82) is 0 Å². The van der Waals surface area contributed by atoms with Gasteiger partial charge in [-0.2, -0.15) is 5.10 Å². The first kappa shape index (κ1) is 10.6. The molecule has 0 radical (unpaired) electrons. The van der Waals surface area contributed by atoms with Crippen LogP contribution in [0.15, 0.2) is 12.3 Å². The molecule has 1 fully saturated rings. The van der Waals surface area contributed by atoms with E-state index in [4.69, 9.17) is 0 Å². The Bertz CT molecular complexity index is 270. The highest BCUT2D eigenvalue weighted by atomic mass is 15.1. The summed E-state index contributed by atoms with van der Waals surface area (Å²) in [6.07, 6.45) is 3.13. The second-order valence-corrected chi connectivity index (χ2v) is 4.26. The molecule has 15 heavy (non-hydrogen) atoms. The van der Waals surface area contributed by atoms with Crippen LogP contribution in [0.1, 0.15) is 19.0 Å². The van der Waals surface area contributed by atoms with Crippen LogP contribution in [0.4, 0.5) is 0 Å². The van der Waals surface area contributed by atoms with E-state index in [9.17, 15) is 0 Å². The molecule has 1 aliphatic rings. The number of aromatic nitrogens is 2. The van der Waals surface area contributed by atoms with E-state index in [0.29, 0.717) is 0 Å². The molecule has 84 valence electrons. The summed E-state index contributed by atoms with van der Waals surface area (Å²) in [5.41, 5.74) is 1.17. The van der Waals surface area contributed by atoms with E-state index in [0.717, 1.165) is 19.0 Å². The molecular weight excluding hydrogens is 188 g/mol. The van der Waals surface area contributed by atoms with Gasteiger partial charge in [-0.15, -0.1) is 0 Å². The molecular formula is C11H20N4. The van der Waals surface area contributed by atoms with Gasteiger partial charge in [0.2, 0.25) is 0 Å². The number of likely N-dealkylation sites (tertiary alicyclic amines) is 1. The van der Waals surface area contributed by atoms with Gasteiger partial charge in [-0.05, 0) is 38.0 Å². The highest BCUT2D eigenvalue weighted by Gasteiger charge is 2.20. The van der Waals surface area contributed by atoms with Crippen molar-refractivity contribution in [2.75, 3.05) is 26.2 Å². The lowest BCUT2D eigenvalue weighted by atomic mass is 10.1. The third-order valence-electron chi connectivity index (χ3n) is 3.12. The zero-order valence-electron chi connectivity index (χ0n) is 9.37. The Balaban J connectivity index is 1.63. The van der Waals surface area contributed by atoms with Crippen LogP contribution >= 0.6 is 0 Å². The minimum atomic E-state index is 0.827. The number of nitrogens with zero attached hydrogens (tertiary/aromatic N) is 2. The Kier molecular flexibility index (Phi) is 3.75. The quantitative estimate of drug-likeness (QED) is 0.753. The fraction of sp³-hybridized carbons (Fsp3) is 0.727. The van der Waals surface area contributed by atoms with Gasteiger partial charge < -0.3 is 10.2 Å². The summed E-state index contributed by atoms with van der Waals surface area (Å²) in [4.78, 5) is 2.52. The van der Waals surface area contributed by atoms with Gasteiger partial charge in [0.1, 0.15) is 0 Å². The smallest absolute Gasteiger partial charge is 0.0490 e. The molecule has 0 spiro atoms. The van der Waals surface area contributed by atoms with Gasteiger partial charge >= 0.3 is 0 Å². The maximum atomic E-state index is 3.92. The summed E-state index contributed by atoms with van der Waals surface area (Å²) in [7, 11) is 0. The molecule has 2 rings (SSSR count). The summed E-state index contributed by atoms with van der Waals surface area (Å²) < 4.78 is 0. The first-order valence-corrected chi connectivity index (χ1v) is 5.80. The lowest BCUT2D eigenvalue weighted by molar-refractivity contribution is 0.338. The molecule has 0 amide bonds. The zero-order valence-corrected chi connectivity index (χ0v) is 9.37. The number of hydrogen-bond donors (Lipinski definition) is 2. The first-order chi connectivity index (χ1) is 7.38. The lowest BCUT2D eigenvalue weighted by Crippen LogP contribution is -2.26. The van der Waals surface area contributed by atoms with E-state index >= 15 is 0 Å². The summed E-state index contributed by atoms with van der Waals surface area (Å²) in [6.45, 7) is 7.98. The summed E-state index contributed by atoms with van der Waals surface area (Å²) in [5, 5.41) is 10.4. The number of hydrogen-bond acceptors (Lipinski definition) is 3. The minimum Gasteiger partial charge on any atom is -0.311 e. The Hall–Kier alpha value is -0.870. The lowest BCUT2D eigenvalue weighted by Gasteiger charge is -2.13. The third kappa shape index (κ3) is 3.04. The van der Waals surface area contributed by atoms with Gasteiger partial charge in [0.05, 0.1) is 0 Å². The number of aromatic amines is 1. The molecule has 1 aromatic heterocycles. The Morgan fingerprint density at radius 2 is 2.60 bits per heavy atom. The first-order valence-electron chi connectivity index (χ1n) is 5.80. The number of rotatable bonds is 5. The molecule has 1 aromatic rings. The largest absolute Gasteiger partial charge is 0.311 e. The van der Waals surface area contributed by atoms with Crippen LogP contribution < -0.4 is 5.32 Å². The van der Waals surface area contributed by atoms with Crippen molar-refractivity contribution in [3.05, 3.63) is 18.0 Å². The maximum absolute atomic E-state index is 3.92. The predicted molar refractivity (Wildman–Crippen MR) is 60.5 cm³/mol. The van der Waals surface area contributed by atoms with Crippen LogP contribution in [0.2, 0.25) is 0 Å². The van der Waals surface area contributed by atoms with Crippen molar-refractivity contribution in [2.24, 2.45) is 5.92 Å². The fourth-order valence-electron chi connectivity index (χ4n) is 2.16. The van der Waals surface area contributed by atoms with Crippen molar-refractivity contribution in [3.63, 3.8) is 0 Å². The molecule has 0 aromatic carbocycles. The molecule has 2 N–H and O–H groups in total. The van der Waals surface area contributed by atoms with Crippen LogP contribution in [0.5, 0.6) is 0 Å². The van der Waals surface area contributed by atoms with E-state index in [-0.39, 0.29) is 0 Å². The fourth-order valence-corrected chi connectivity index (χ4v) is 2.16. The van der Waals surface area contributed by atoms with Crippen molar-refractivity contribution in [3.8, 4) is 0 Å². The van der Waals surface area contributed by atoms with Crippen molar-refractivity contribution >= 4 is 0 Å². The van der Waals surface area contributed by atoms with Gasteiger partial charge in [0.15, 0.2) is 0 Å².